The molecule has 0 atom stereocenters. The van der Waals surface area contributed by atoms with Crippen LogP contribution in [0.5, 0.6) is 0 Å². The minimum Gasteiger partial charge on any atom is -0.356 e. The number of anilines is 1. The lowest BCUT2D eigenvalue weighted by Crippen LogP contribution is -2.55. The number of aromatic nitrogens is 2. The third kappa shape index (κ3) is 5.35. The summed E-state index contributed by atoms with van der Waals surface area (Å²) in [6, 6.07) is 8.38. The van der Waals surface area contributed by atoms with Gasteiger partial charge < -0.3 is 20.0 Å². The molecule has 2 heterocycles. The molecule has 0 bridgehead atoms. The van der Waals surface area contributed by atoms with Crippen LogP contribution < -0.4 is 10.2 Å². The van der Waals surface area contributed by atoms with Crippen LogP contribution in [0, 0.1) is 0 Å². The van der Waals surface area contributed by atoms with Crippen LogP contribution in [0.1, 0.15) is 18.1 Å². The number of hydrogen-bond donors (Lipinski definition) is 1. The predicted octanol–water partition coefficient (Wildman–Crippen LogP) is 1.30. The number of carbonyl (C=O) groups excluding carboxylic acids is 1. The van der Waals surface area contributed by atoms with Crippen LogP contribution in [0.4, 0.5) is 5.69 Å². The van der Waals surface area contributed by atoms with Gasteiger partial charge in [-0.15, -0.1) is 0 Å². The summed E-state index contributed by atoms with van der Waals surface area (Å²) in [4.78, 5) is 23.6. The Morgan fingerprint density at radius 1 is 1.24 bits per heavy atom. The maximum absolute atomic E-state index is 12.7. The summed E-state index contributed by atoms with van der Waals surface area (Å²) < 4.78 is 1.71. The maximum atomic E-state index is 12.7. The number of guanidine groups is 1. The Hall–Kier alpha value is -2.87. The van der Waals surface area contributed by atoms with Gasteiger partial charge in [0.1, 0.15) is 6.54 Å². The van der Waals surface area contributed by atoms with Gasteiger partial charge in [-0.2, -0.15) is 5.10 Å². The van der Waals surface area contributed by atoms with Gasteiger partial charge in [0.25, 0.3) is 0 Å². The molecule has 29 heavy (non-hydrogen) atoms. The van der Waals surface area contributed by atoms with Crippen LogP contribution in [0.3, 0.4) is 0 Å². The highest BCUT2D eigenvalue weighted by atomic mass is 16.2. The molecule has 1 aliphatic heterocycles. The van der Waals surface area contributed by atoms with E-state index in [-0.39, 0.29) is 5.91 Å². The van der Waals surface area contributed by atoms with Crippen molar-refractivity contribution in [2.24, 2.45) is 12.0 Å². The van der Waals surface area contributed by atoms with Crippen molar-refractivity contribution in [1.29, 1.82) is 0 Å². The van der Waals surface area contributed by atoms with E-state index in [9.17, 15) is 4.79 Å². The Morgan fingerprint density at radius 2 is 2.00 bits per heavy atom. The van der Waals surface area contributed by atoms with Crippen molar-refractivity contribution in [2.45, 2.75) is 20.0 Å². The Bertz CT molecular complexity index is 858. The molecule has 1 N–H and O–H groups in total. The van der Waals surface area contributed by atoms with E-state index in [0.29, 0.717) is 19.6 Å². The van der Waals surface area contributed by atoms with Crippen molar-refractivity contribution in [2.75, 3.05) is 45.2 Å². The molecule has 0 radical (unpaired) electrons. The zero-order valence-electron chi connectivity index (χ0n) is 17.8. The first kappa shape index (κ1) is 20.9. The molecule has 0 saturated carbocycles. The van der Waals surface area contributed by atoms with Gasteiger partial charge >= 0.3 is 0 Å². The number of nitrogens with one attached hydrogen (secondary N) is 1. The molecular weight excluding hydrogens is 366 g/mol. The van der Waals surface area contributed by atoms with Gasteiger partial charge in [-0.25, -0.2) is 4.99 Å². The minimum absolute atomic E-state index is 0.0582. The molecule has 1 aliphatic rings. The van der Waals surface area contributed by atoms with Gasteiger partial charge in [0, 0.05) is 39.4 Å². The Labute approximate surface area is 172 Å². The molecule has 3 rings (SSSR count). The summed E-state index contributed by atoms with van der Waals surface area (Å²) >= 11 is 0. The number of amides is 1. The Kier molecular flexibility index (Phi) is 6.87. The molecule has 1 aromatic carbocycles. The molecular formula is C21H31N7O. The number of benzene rings is 1. The Morgan fingerprint density at radius 3 is 2.62 bits per heavy atom. The van der Waals surface area contributed by atoms with Crippen LogP contribution >= 0.6 is 0 Å². The first-order valence-electron chi connectivity index (χ1n) is 10.0. The molecule has 2 aromatic rings. The van der Waals surface area contributed by atoms with Crippen LogP contribution in [0.25, 0.3) is 0 Å². The molecule has 1 amide bonds. The third-order valence-corrected chi connectivity index (χ3v) is 4.86. The van der Waals surface area contributed by atoms with Crippen molar-refractivity contribution < 1.29 is 4.79 Å². The van der Waals surface area contributed by atoms with Crippen molar-refractivity contribution in [3.05, 3.63) is 47.8 Å². The normalized spacial score (nSPS) is 15.3. The number of aryl methyl sites for hydroxylation is 1. The molecule has 156 valence electrons. The molecule has 0 spiro atoms. The van der Waals surface area contributed by atoms with Crippen molar-refractivity contribution >= 4 is 17.6 Å². The lowest BCUT2D eigenvalue weighted by atomic mass is 10.1. The SMILES string of the molecule is CCNC(=NCc1ccccc1CN(C)C)N1CCN(c2cnn(C)c2)C(=O)C1. The monoisotopic (exact) mass is 397 g/mol. The number of aliphatic imine (C=N–C) groups is 1. The molecule has 0 aliphatic carbocycles. The largest absolute Gasteiger partial charge is 0.356 e. The maximum Gasteiger partial charge on any atom is 0.246 e. The van der Waals surface area contributed by atoms with Crippen molar-refractivity contribution in [3.63, 3.8) is 0 Å². The van der Waals surface area contributed by atoms with E-state index in [1.807, 2.05) is 31.1 Å². The zero-order chi connectivity index (χ0) is 20.8. The van der Waals surface area contributed by atoms with Crippen LogP contribution in [-0.2, 0) is 24.9 Å². The summed E-state index contributed by atoms with van der Waals surface area (Å²) in [5.41, 5.74) is 3.32. The number of piperazine rings is 1. The Balaban J connectivity index is 1.71. The van der Waals surface area contributed by atoms with Gasteiger partial charge in [-0.3, -0.25) is 9.48 Å². The second-order valence-electron chi connectivity index (χ2n) is 7.52. The van der Waals surface area contributed by atoms with E-state index >= 15 is 0 Å². The fraction of sp³-hybridized carbons (Fsp3) is 0.476. The highest BCUT2D eigenvalue weighted by Gasteiger charge is 2.27. The van der Waals surface area contributed by atoms with E-state index in [2.05, 4.69) is 47.6 Å². The molecule has 8 heteroatoms. The zero-order valence-corrected chi connectivity index (χ0v) is 17.8. The molecule has 1 aromatic heterocycles. The summed E-state index contributed by atoms with van der Waals surface area (Å²) in [7, 11) is 5.99. The minimum atomic E-state index is 0.0582. The second-order valence-corrected chi connectivity index (χ2v) is 7.52. The molecule has 1 fully saturated rings. The summed E-state index contributed by atoms with van der Waals surface area (Å²) in [5, 5.41) is 7.51. The van der Waals surface area contributed by atoms with E-state index in [1.165, 1.54) is 11.1 Å². The van der Waals surface area contributed by atoms with E-state index in [0.717, 1.165) is 31.3 Å². The van der Waals surface area contributed by atoms with Crippen LogP contribution in [0.15, 0.2) is 41.7 Å². The number of nitrogens with zero attached hydrogens (tertiary/aromatic N) is 6. The standard InChI is InChI=1S/C21H31N7O/c1-5-22-21(23-12-17-8-6-7-9-18(17)14-25(2)3)27-10-11-28(20(29)16-27)19-13-24-26(4)15-19/h6-9,13,15H,5,10-12,14,16H2,1-4H3,(H,22,23). The van der Waals surface area contributed by atoms with Gasteiger partial charge in [-0.1, -0.05) is 24.3 Å². The fourth-order valence-corrected chi connectivity index (χ4v) is 3.47. The first-order valence-corrected chi connectivity index (χ1v) is 10.0. The number of rotatable bonds is 6. The average Bonchev–Trinajstić information content (AvgIpc) is 3.11. The van der Waals surface area contributed by atoms with Gasteiger partial charge in [0.15, 0.2) is 5.96 Å². The molecule has 1 saturated heterocycles. The predicted molar refractivity (Wildman–Crippen MR) is 116 cm³/mol. The number of hydrogen-bond acceptors (Lipinski definition) is 4. The lowest BCUT2D eigenvalue weighted by Gasteiger charge is -2.35. The van der Waals surface area contributed by atoms with Crippen molar-refractivity contribution in [3.8, 4) is 0 Å². The van der Waals surface area contributed by atoms with Gasteiger partial charge in [-0.05, 0) is 32.1 Å². The highest BCUT2D eigenvalue weighted by molar-refractivity contribution is 5.98. The van der Waals surface area contributed by atoms with Crippen LogP contribution in [-0.4, -0.2) is 71.7 Å². The smallest absolute Gasteiger partial charge is 0.246 e. The van der Waals surface area contributed by atoms with Gasteiger partial charge in [0.2, 0.25) is 5.91 Å². The third-order valence-electron chi connectivity index (χ3n) is 4.86. The first-order chi connectivity index (χ1) is 14.0. The quantitative estimate of drug-likeness (QED) is 0.588. The van der Waals surface area contributed by atoms with Crippen LogP contribution in [0.2, 0.25) is 0 Å². The summed E-state index contributed by atoms with van der Waals surface area (Å²) in [6.07, 6.45) is 3.60. The molecule has 8 nitrogen and oxygen atoms in total. The van der Waals surface area contributed by atoms with E-state index in [4.69, 9.17) is 4.99 Å². The average molecular weight is 398 g/mol. The molecule has 0 unspecified atom stereocenters. The summed E-state index contributed by atoms with van der Waals surface area (Å²) in [5.74, 6) is 0.842. The lowest BCUT2D eigenvalue weighted by molar-refractivity contribution is -0.120. The summed E-state index contributed by atoms with van der Waals surface area (Å²) in [6.45, 7) is 5.92. The fourth-order valence-electron chi connectivity index (χ4n) is 3.47. The van der Waals surface area contributed by atoms with Gasteiger partial charge in [0.05, 0.1) is 18.4 Å². The van der Waals surface area contributed by atoms with E-state index < -0.39 is 0 Å². The topological polar surface area (TPSA) is 69.0 Å². The second kappa shape index (κ2) is 9.56. The van der Waals surface area contributed by atoms with Crippen molar-refractivity contribution in [1.82, 2.24) is 24.9 Å². The van der Waals surface area contributed by atoms with E-state index in [1.54, 1.807) is 15.8 Å². The number of carbonyl (C=O) groups is 1. The highest BCUT2D eigenvalue weighted by Crippen LogP contribution is 2.17.